The molecule has 0 fully saturated rings. The van der Waals surface area contributed by atoms with E-state index in [1.54, 1.807) is 30.3 Å². The van der Waals surface area contributed by atoms with Crippen molar-refractivity contribution in [2.24, 2.45) is 0 Å². The normalized spacial score (nSPS) is 14.9. The van der Waals surface area contributed by atoms with E-state index in [9.17, 15) is 14.9 Å². The molecule has 0 saturated carbocycles. The average Bonchev–Trinajstić information content (AvgIpc) is 3.38. The predicted molar refractivity (Wildman–Crippen MR) is 140 cm³/mol. The summed E-state index contributed by atoms with van der Waals surface area (Å²) < 4.78 is 36.6. The van der Waals surface area contributed by atoms with Crippen LogP contribution in [0.3, 0.4) is 0 Å². The van der Waals surface area contributed by atoms with Gasteiger partial charge >= 0.3 is 0 Å². The van der Waals surface area contributed by atoms with Crippen molar-refractivity contribution in [2.45, 2.75) is 25.4 Å². The molecule has 1 aromatic heterocycles. The van der Waals surface area contributed by atoms with E-state index in [0.717, 1.165) is 0 Å². The van der Waals surface area contributed by atoms with Crippen LogP contribution in [-0.2, 0) is 12.5 Å². The summed E-state index contributed by atoms with van der Waals surface area (Å²) in [5, 5.41) is 16.2. The number of nitrogens with one attached hydrogen (secondary N) is 1. The maximum Gasteiger partial charge on any atom is 0.298 e. The second-order valence-electron chi connectivity index (χ2n) is 9.08. The Balaban J connectivity index is 1.41. The summed E-state index contributed by atoms with van der Waals surface area (Å²) in [7, 11) is 1.44. The first kappa shape index (κ1) is 25.6. The first-order valence-electron chi connectivity index (χ1n) is 12.1. The summed E-state index contributed by atoms with van der Waals surface area (Å²) in [6.07, 6.45) is 1.32. The van der Waals surface area contributed by atoms with Crippen molar-refractivity contribution in [2.75, 3.05) is 17.3 Å². The smallest absolute Gasteiger partial charge is 0.298 e. The number of aromatic nitrogens is 2. The molecule has 1 N–H and O–H groups in total. The number of carbonyl (C=O) groups excluding carboxylic acids is 2. The van der Waals surface area contributed by atoms with Crippen molar-refractivity contribution >= 4 is 23.2 Å². The van der Waals surface area contributed by atoms with E-state index >= 15 is 8.78 Å². The lowest BCUT2D eigenvalue weighted by atomic mass is 9.99. The van der Waals surface area contributed by atoms with E-state index in [-0.39, 0.29) is 34.0 Å². The number of benzene rings is 3. The number of hydrogen-bond acceptors (Lipinski definition) is 5. The van der Waals surface area contributed by atoms with Crippen LogP contribution in [0.25, 0.3) is 0 Å². The van der Waals surface area contributed by atoms with Crippen molar-refractivity contribution in [1.82, 2.24) is 9.78 Å². The molecule has 10 heteroatoms. The lowest BCUT2D eigenvalue weighted by Crippen LogP contribution is -2.47. The number of hydrogen-bond donors (Lipinski definition) is 1. The fourth-order valence-corrected chi connectivity index (χ4v) is 4.65. The minimum atomic E-state index is -3.20. The molecular formula is C29H23F2N5O3. The van der Waals surface area contributed by atoms with Gasteiger partial charge in [-0.3, -0.25) is 14.3 Å². The first-order valence-corrected chi connectivity index (χ1v) is 12.1. The average molecular weight is 528 g/mol. The lowest BCUT2D eigenvalue weighted by molar-refractivity contribution is 0.0428. The van der Waals surface area contributed by atoms with Gasteiger partial charge in [-0.25, -0.2) is 0 Å². The van der Waals surface area contributed by atoms with Crippen LogP contribution in [0, 0.1) is 11.3 Å². The van der Waals surface area contributed by atoms with Crippen LogP contribution in [0.4, 0.5) is 20.2 Å². The highest BCUT2D eigenvalue weighted by atomic mass is 19.3. The zero-order valence-electron chi connectivity index (χ0n) is 21.1. The zero-order valence-corrected chi connectivity index (χ0v) is 21.1. The maximum atomic E-state index is 15.0. The van der Waals surface area contributed by atoms with E-state index in [1.165, 1.54) is 65.4 Å². The molecule has 4 aromatic rings. The van der Waals surface area contributed by atoms with E-state index in [0.29, 0.717) is 23.7 Å². The Bertz CT molecular complexity index is 1590. The Labute approximate surface area is 223 Å². The Morgan fingerprint density at radius 3 is 2.46 bits per heavy atom. The molecule has 8 nitrogen and oxygen atoms in total. The molecular weight excluding hydrogens is 504 g/mol. The molecule has 1 unspecified atom stereocenters. The molecule has 2 amide bonds. The van der Waals surface area contributed by atoms with Gasteiger partial charge in [-0.2, -0.15) is 19.1 Å². The number of nitriles is 1. The molecule has 1 atom stereocenters. The Morgan fingerprint density at radius 1 is 1.10 bits per heavy atom. The minimum absolute atomic E-state index is 0.0541. The number of carbonyl (C=O) groups is 2. The van der Waals surface area contributed by atoms with Crippen LogP contribution in [0.1, 0.15) is 44.5 Å². The third-order valence-electron chi connectivity index (χ3n) is 6.61. The Morgan fingerprint density at radius 2 is 1.79 bits per heavy atom. The van der Waals surface area contributed by atoms with Crippen molar-refractivity contribution in [3.63, 3.8) is 0 Å². The standard InChI is InChI=1S/C29H23F2N5O3/c1-18-17-35-26(24(16-33-35)27(37)34-22-10-13-25(39-2)19(14-22)15-32)28(38)36(18)23-11-8-21(9-12-23)29(30,31)20-6-4-3-5-7-20/h3-14,16,18H,17H2,1-2H3,(H,34,37). The van der Waals surface area contributed by atoms with Gasteiger partial charge in [0.1, 0.15) is 17.5 Å². The maximum absolute atomic E-state index is 15.0. The van der Waals surface area contributed by atoms with Gasteiger partial charge in [0, 0.05) is 22.5 Å². The fourth-order valence-electron chi connectivity index (χ4n) is 4.65. The summed E-state index contributed by atoms with van der Waals surface area (Å²) in [6, 6.07) is 19.3. The van der Waals surface area contributed by atoms with Gasteiger partial charge in [0.25, 0.3) is 17.7 Å². The van der Waals surface area contributed by atoms with Gasteiger partial charge in [0.15, 0.2) is 0 Å². The Hall–Kier alpha value is -5.04. The molecule has 0 radical (unpaired) electrons. The zero-order chi connectivity index (χ0) is 27.7. The summed E-state index contributed by atoms with van der Waals surface area (Å²) in [5.41, 5.74) is 0.823. The number of alkyl halides is 2. The molecule has 0 saturated heterocycles. The van der Waals surface area contributed by atoms with Crippen molar-refractivity contribution in [1.29, 1.82) is 5.26 Å². The number of methoxy groups -OCH3 is 1. The Kier molecular flexibility index (Phi) is 6.58. The van der Waals surface area contributed by atoms with Crippen LogP contribution in [0.2, 0.25) is 0 Å². The predicted octanol–water partition coefficient (Wildman–Crippen LogP) is 5.20. The number of halogens is 2. The summed E-state index contributed by atoms with van der Waals surface area (Å²) in [6.45, 7) is 2.12. The molecule has 0 spiro atoms. The SMILES string of the molecule is COc1ccc(NC(=O)c2cnn3c2C(=O)N(c2ccc(C(F)(F)c4ccccc4)cc2)C(C)C3)cc1C#N. The van der Waals surface area contributed by atoms with E-state index in [2.05, 4.69) is 10.4 Å². The third-order valence-corrected chi connectivity index (χ3v) is 6.61. The fraction of sp³-hybridized carbons (Fsp3) is 0.172. The molecule has 0 aliphatic carbocycles. The first-order chi connectivity index (χ1) is 18.7. The third kappa shape index (κ3) is 4.59. The quantitative estimate of drug-likeness (QED) is 0.371. The largest absolute Gasteiger partial charge is 0.495 e. The summed E-state index contributed by atoms with van der Waals surface area (Å²) in [4.78, 5) is 28.2. The lowest BCUT2D eigenvalue weighted by Gasteiger charge is -2.34. The number of ether oxygens (including phenoxy) is 1. The van der Waals surface area contributed by atoms with Gasteiger partial charge in [-0.05, 0) is 37.3 Å². The molecule has 0 bridgehead atoms. The van der Waals surface area contributed by atoms with E-state index < -0.39 is 17.7 Å². The van der Waals surface area contributed by atoms with Gasteiger partial charge in [-0.1, -0.05) is 42.5 Å². The van der Waals surface area contributed by atoms with Crippen molar-refractivity contribution in [3.05, 3.63) is 107 Å². The van der Waals surface area contributed by atoms with Crippen LogP contribution in [-0.4, -0.2) is 34.7 Å². The highest BCUT2D eigenvalue weighted by Gasteiger charge is 2.37. The molecule has 2 heterocycles. The number of fused-ring (bicyclic) bond motifs is 1. The van der Waals surface area contributed by atoms with Gasteiger partial charge in [0.05, 0.1) is 37.0 Å². The highest BCUT2D eigenvalue weighted by Crippen LogP contribution is 2.37. The molecule has 5 rings (SSSR count). The number of rotatable bonds is 6. The summed E-state index contributed by atoms with van der Waals surface area (Å²) in [5.74, 6) is -3.89. The topological polar surface area (TPSA) is 100 Å². The molecule has 1 aliphatic rings. The second-order valence-corrected chi connectivity index (χ2v) is 9.08. The molecule has 196 valence electrons. The number of amides is 2. The van der Waals surface area contributed by atoms with Crippen molar-refractivity contribution < 1.29 is 23.1 Å². The highest BCUT2D eigenvalue weighted by molar-refractivity contribution is 6.15. The molecule has 39 heavy (non-hydrogen) atoms. The van der Waals surface area contributed by atoms with Gasteiger partial charge in [0.2, 0.25) is 0 Å². The van der Waals surface area contributed by atoms with Gasteiger partial charge in [-0.15, -0.1) is 0 Å². The van der Waals surface area contributed by atoms with Crippen LogP contribution >= 0.6 is 0 Å². The van der Waals surface area contributed by atoms with Crippen LogP contribution in [0.15, 0.2) is 79.0 Å². The van der Waals surface area contributed by atoms with E-state index in [1.807, 2.05) is 13.0 Å². The second kappa shape index (κ2) is 10.0. The van der Waals surface area contributed by atoms with Crippen LogP contribution < -0.4 is 15.0 Å². The summed E-state index contributed by atoms with van der Waals surface area (Å²) >= 11 is 0. The number of anilines is 2. The van der Waals surface area contributed by atoms with Crippen molar-refractivity contribution in [3.8, 4) is 11.8 Å². The minimum Gasteiger partial charge on any atom is -0.495 e. The van der Waals surface area contributed by atoms with E-state index in [4.69, 9.17) is 4.74 Å². The van der Waals surface area contributed by atoms with Gasteiger partial charge < -0.3 is 15.0 Å². The number of nitrogens with zero attached hydrogens (tertiary/aromatic N) is 4. The molecule has 1 aliphatic heterocycles. The van der Waals surface area contributed by atoms with Crippen LogP contribution in [0.5, 0.6) is 5.75 Å². The molecule has 3 aromatic carbocycles. The monoisotopic (exact) mass is 527 g/mol.